The van der Waals surface area contributed by atoms with Gasteiger partial charge in [0.1, 0.15) is 5.82 Å². The summed E-state index contributed by atoms with van der Waals surface area (Å²) >= 11 is 0. The maximum atomic E-state index is 13.3. The highest BCUT2D eigenvalue weighted by Gasteiger charge is 2.18. The molecule has 1 aromatic rings. The van der Waals surface area contributed by atoms with Crippen LogP contribution in [0.5, 0.6) is 0 Å². The Bertz CT molecular complexity index is 429. The average Bonchev–Trinajstić information content (AvgIpc) is 2.38. The van der Waals surface area contributed by atoms with E-state index in [1.165, 1.54) is 6.07 Å². The minimum absolute atomic E-state index is 0.202. The van der Waals surface area contributed by atoms with Gasteiger partial charge in [-0.1, -0.05) is 6.92 Å². The lowest BCUT2D eigenvalue weighted by Crippen LogP contribution is -2.38. The highest BCUT2D eigenvalue weighted by atomic mass is 32.2. The number of halogens is 1. The second kappa shape index (κ2) is 6.29. The van der Waals surface area contributed by atoms with Crippen LogP contribution in [0.15, 0.2) is 18.2 Å². The minimum Gasteiger partial charge on any atom is -0.369 e. The summed E-state index contributed by atoms with van der Waals surface area (Å²) in [5.41, 5.74) is 2.04. The van der Waals surface area contributed by atoms with Crippen molar-refractivity contribution < 1.29 is 8.60 Å². The molecule has 0 bridgehead atoms. The Hall–Kier alpha value is -0.940. The minimum atomic E-state index is -0.682. The molecular weight excluding hydrogens is 251 g/mol. The molecule has 1 N–H and O–H groups in total. The van der Waals surface area contributed by atoms with Crippen LogP contribution >= 0.6 is 0 Å². The third kappa shape index (κ3) is 3.29. The third-order valence-corrected chi connectivity index (χ3v) is 4.40. The summed E-state index contributed by atoms with van der Waals surface area (Å²) in [4.78, 5) is 2.20. The van der Waals surface area contributed by atoms with Crippen molar-refractivity contribution in [1.29, 1.82) is 0 Å². The molecule has 0 spiro atoms. The van der Waals surface area contributed by atoms with E-state index in [9.17, 15) is 8.60 Å². The smallest absolute Gasteiger partial charge is 0.123 e. The van der Waals surface area contributed by atoms with E-state index in [1.54, 1.807) is 6.07 Å². The molecule has 1 aliphatic rings. The maximum Gasteiger partial charge on any atom is 0.123 e. The second-order valence-corrected chi connectivity index (χ2v) is 6.08. The van der Waals surface area contributed by atoms with E-state index in [1.807, 2.05) is 13.0 Å². The van der Waals surface area contributed by atoms with Crippen molar-refractivity contribution in [2.45, 2.75) is 13.5 Å². The first-order valence-corrected chi connectivity index (χ1v) is 7.78. The number of hydrogen-bond donors (Lipinski definition) is 1. The van der Waals surface area contributed by atoms with Crippen LogP contribution in [0.3, 0.4) is 0 Å². The van der Waals surface area contributed by atoms with Gasteiger partial charge in [-0.2, -0.15) is 0 Å². The van der Waals surface area contributed by atoms with Crippen LogP contribution in [-0.2, 0) is 17.3 Å². The summed E-state index contributed by atoms with van der Waals surface area (Å²) in [5.74, 6) is 1.21. The van der Waals surface area contributed by atoms with Crippen LogP contribution in [0.2, 0.25) is 0 Å². The van der Waals surface area contributed by atoms with Crippen LogP contribution in [0.4, 0.5) is 10.1 Å². The van der Waals surface area contributed by atoms with Crippen LogP contribution in [0, 0.1) is 5.82 Å². The summed E-state index contributed by atoms with van der Waals surface area (Å²) in [6, 6.07) is 4.91. The lowest BCUT2D eigenvalue weighted by Gasteiger charge is -2.30. The molecule has 5 heteroatoms. The van der Waals surface area contributed by atoms with Gasteiger partial charge in [0.05, 0.1) is 0 Å². The molecule has 2 rings (SSSR count). The van der Waals surface area contributed by atoms with Crippen molar-refractivity contribution in [3.63, 3.8) is 0 Å². The highest BCUT2D eigenvalue weighted by Crippen LogP contribution is 2.23. The predicted molar refractivity (Wildman–Crippen MR) is 73.9 cm³/mol. The van der Waals surface area contributed by atoms with Gasteiger partial charge in [-0.15, -0.1) is 0 Å². The summed E-state index contributed by atoms with van der Waals surface area (Å²) in [6.07, 6.45) is 0. The van der Waals surface area contributed by atoms with Crippen LogP contribution < -0.4 is 10.2 Å². The van der Waals surface area contributed by atoms with E-state index < -0.39 is 10.8 Å². The molecule has 0 aliphatic carbocycles. The maximum absolute atomic E-state index is 13.3. The number of rotatable bonds is 4. The zero-order valence-corrected chi connectivity index (χ0v) is 11.4. The van der Waals surface area contributed by atoms with Crippen molar-refractivity contribution in [3.8, 4) is 0 Å². The molecule has 1 aromatic carbocycles. The van der Waals surface area contributed by atoms with Gasteiger partial charge in [0.25, 0.3) is 0 Å². The molecule has 1 heterocycles. The van der Waals surface area contributed by atoms with Gasteiger partial charge in [-0.25, -0.2) is 4.39 Å². The summed E-state index contributed by atoms with van der Waals surface area (Å²) in [7, 11) is -0.682. The molecule has 1 fully saturated rings. The fourth-order valence-corrected chi connectivity index (χ4v) is 3.19. The van der Waals surface area contributed by atoms with Crippen LogP contribution in [0.25, 0.3) is 0 Å². The van der Waals surface area contributed by atoms with Crippen LogP contribution in [0.1, 0.15) is 12.5 Å². The standard InChI is InChI=1S/C13H19FN2OS/c1-2-15-10-11-9-12(14)3-4-13(11)16-5-7-18(17)8-6-16/h3-4,9,15H,2,5-8,10H2,1H3. The van der Waals surface area contributed by atoms with Gasteiger partial charge in [-0.05, 0) is 30.3 Å². The number of nitrogens with one attached hydrogen (secondary N) is 1. The van der Waals surface area contributed by atoms with E-state index in [-0.39, 0.29) is 5.82 Å². The molecule has 0 saturated carbocycles. The van der Waals surface area contributed by atoms with Gasteiger partial charge < -0.3 is 10.2 Å². The Morgan fingerprint density at radius 2 is 2.11 bits per heavy atom. The normalized spacial score (nSPS) is 17.1. The Morgan fingerprint density at radius 3 is 2.78 bits per heavy atom. The van der Waals surface area contributed by atoms with Gasteiger partial charge in [0.15, 0.2) is 0 Å². The number of benzene rings is 1. The van der Waals surface area contributed by atoms with Crippen LogP contribution in [-0.4, -0.2) is 35.3 Å². The first-order chi connectivity index (χ1) is 8.70. The molecule has 3 nitrogen and oxygen atoms in total. The van der Waals surface area contributed by atoms with Gasteiger partial charge in [0, 0.05) is 47.6 Å². The van der Waals surface area contributed by atoms with Gasteiger partial charge >= 0.3 is 0 Å². The monoisotopic (exact) mass is 270 g/mol. The van der Waals surface area contributed by atoms with Gasteiger partial charge in [0.2, 0.25) is 0 Å². The first-order valence-electron chi connectivity index (χ1n) is 6.29. The van der Waals surface area contributed by atoms with Crippen molar-refractivity contribution in [2.75, 3.05) is 36.0 Å². The Balaban J connectivity index is 2.17. The molecule has 18 heavy (non-hydrogen) atoms. The fourth-order valence-electron chi connectivity index (χ4n) is 2.14. The zero-order chi connectivity index (χ0) is 13.0. The summed E-state index contributed by atoms with van der Waals surface area (Å²) < 4.78 is 24.7. The average molecular weight is 270 g/mol. The topological polar surface area (TPSA) is 32.3 Å². The van der Waals surface area contributed by atoms with Crippen molar-refractivity contribution >= 4 is 16.5 Å². The Morgan fingerprint density at radius 1 is 1.39 bits per heavy atom. The first kappa shape index (κ1) is 13.5. The molecule has 1 aliphatic heterocycles. The molecule has 0 amide bonds. The molecule has 100 valence electrons. The van der Waals surface area contributed by atoms with Crippen molar-refractivity contribution in [1.82, 2.24) is 5.32 Å². The number of hydrogen-bond acceptors (Lipinski definition) is 3. The fraction of sp³-hybridized carbons (Fsp3) is 0.538. The van der Waals surface area contributed by atoms with E-state index in [0.29, 0.717) is 18.1 Å². The molecular formula is C13H19FN2OS. The third-order valence-electron chi connectivity index (χ3n) is 3.13. The molecule has 0 atom stereocenters. The second-order valence-electron chi connectivity index (χ2n) is 4.39. The van der Waals surface area contributed by atoms with E-state index in [4.69, 9.17) is 0 Å². The van der Waals surface area contributed by atoms with Gasteiger partial charge in [-0.3, -0.25) is 4.21 Å². The summed E-state index contributed by atoms with van der Waals surface area (Å²) in [5, 5.41) is 3.23. The summed E-state index contributed by atoms with van der Waals surface area (Å²) in [6.45, 7) is 5.14. The Kier molecular flexibility index (Phi) is 4.72. The van der Waals surface area contributed by atoms with E-state index >= 15 is 0 Å². The van der Waals surface area contributed by atoms with E-state index in [0.717, 1.165) is 30.9 Å². The van der Waals surface area contributed by atoms with Crippen molar-refractivity contribution in [3.05, 3.63) is 29.6 Å². The van der Waals surface area contributed by atoms with E-state index in [2.05, 4.69) is 10.2 Å². The number of nitrogens with zero attached hydrogens (tertiary/aromatic N) is 1. The Labute approximate surface area is 110 Å². The molecule has 1 saturated heterocycles. The van der Waals surface area contributed by atoms with Crippen molar-refractivity contribution in [2.24, 2.45) is 0 Å². The molecule has 0 unspecified atom stereocenters. The lowest BCUT2D eigenvalue weighted by atomic mass is 10.1. The highest BCUT2D eigenvalue weighted by molar-refractivity contribution is 7.85. The predicted octanol–water partition coefficient (Wildman–Crippen LogP) is 1.50. The molecule has 0 aromatic heterocycles. The SMILES string of the molecule is CCNCc1cc(F)ccc1N1CCS(=O)CC1. The quantitative estimate of drug-likeness (QED) is 0.900. The lowest BCUT2D eigenvalue weighted by molar-refractivity contribution is 0.620. The molecule has 0 radical (unpaired) electrons. The zero-order valence-electron chi connectivity index (χ0n) is 10.6. The number of anilines is 1. The largest absolute Gasteiger partial charge is 0.369 e.